The first-order chi connectivity index (χ1) is 16.0. The fraction of sp³-hybridized carbons (Fsp3) is 0.417. The van der Waals surface area contributed by atoms with Crippen molar-refractivity contribution in [2.75, 3.05) is 18.4 Å². The molecule has 0 bridgehead atoms. The van der Waals surface area contributed by atoms with Gasteiger partial charge in [0.2, 0.25) is 0 Å². The van der Waals surface area contributed by atoms with Gasteiger partial charge in [-0.25, -0.2) is 19.6 Å². The number of likely N-dealkylation sites (tertiary alicyclic amines) is 1. The molecule has 0 spiro atoms. The summed E-state index contributed by atoms with van der Waals surface area (Å²) in [5.41, 5.74) is 1.74. The average Bonchev–Trinajstić information content (AvgIpc) is 3.24. The molecule has 2 aliphatic rings. The number of benzene rings is 1. The Labute approximate surface area is 197 Å². The van der Waals surface area contributed by atoms with Gasteiger partial charge in [0.1, 0.15) is 23.4 Å². The van der Waals surface area contributed by atoms with Crippen molar-refractivity contribution in [3.63, 3.8) is 0 Å². The molecule has 3 heterocycles. The van der Waals surface area contributed by atoms with Crippen molar-refractivity contribution >= 4 is 45.9 Å². The van der Waals surface area contributed by atoms with E-state index in [0.29, 0.717) is 35.3 Å². The number of hydrogen-bond donors (Lipinski definition) is 1. The van der Waals surface area contributed by atoms with E-state index in [4.69, 9.17) is 22.9 Å². The molecule has 1 saturated heterocycles. The number of carbonyl (C=O) groups excluding carboxylic acids is 1. The lowest BCUT2D eigenvalue weighted by molar-refractivity contribution is -0.0502. The number of halogens is 1. The highest BCUT2D eigenvalue weighted by Gasteiger charge is 2.37. The van der Waals surface area contributed by atoms with Crippen LogP contribution in [0.2, 0.25) is 5.02 Å². The Hall–Kier alpha value is -3.31. The molecule has 1 saturated carbocycles. The number of rotatable bonds is 4. The molecule has 3 aromatic rings. The zero-order chi connectivity index (χ0) is 23.0. The highest BCUT2D eigenvalue weighted by molar-refractivity contribution is 6.33. The van der Waals surface area contributed by atoms with E-state index >= 15 is 0 Å². The molecule has 1 aliphatic heterocycles. The van der Waals surface area contributed by atoms with Crippen LogP contribution < -0.4 is 5.32 Å². The van der Waals surface area contributed by atoms with Crippen molar-refractivity contribution in [2.45, 2.75) is 50.7 Å². The number of carbonyl (C=O) groups is 1. The van der Waals surface area contributed by atoms with Crippen molar-refractivity contribution in [2.24, 2.45) is 0 Å². The first-order valence-corrected chi connectivity index (χ1v) is 11.6. The number of nitrogens with zero attached hydrogens (tertiary/aromatic N) is 5. The number of ether oxygens (including phenoxy) is 1. The van der Waals surface area contributed by atoms with Crippen LogP contribution in [0.1, 0.15) is 45.1 Å². The highest BCUT2D eigenvalue weighted by atomic mass is 35.5. The topological polar surface area (TPSA) is 76.6 Å². The third-order valence-electron chi connectivity index (χ3n) is 6.71. The molecule has 5 rings (SSSR count). The fourth-order valence-corrected chi connectivity index (χ4v) is 4.77. The van der Waals surface area contributed by atoms with Crippen molar-refractivity contribution < 1.29 is 9.53 Å². The van der Waals surface area contributed by atoms with Gasteiger partial charge in [0.15, 0.2) is 5.69 Å². The number of hydrogen-bond acceptors (Lipinski definition) is 5. The lowest BCUT2D eigenvalue weighted by atomic mass is 9.82. The van der Waals surface area contributed by atoms with Crippen LogP contribution in [0, 0.1) is 6.57 Å². The van der Waals surface area contributed by atoms with Gasteiger partial charge in [-0.1, -0.05) is 17.7 Å². The van der Waals surface area contributed by atoms with Crippen LogP contribution in [0.15, 0.2) is 36.8 Å². The van der Waals surface area contributed by atoms with Crippen LogP contribution in [0.4, 0.5) is 22.0 Å². The number of aromatic nitrogens is 3. The van der Waals surface area contributed by atoms with Gasteiger partial charge < -0.3 is 19.5 Å². The summed E-state index contributed by atoms with van der Waals surface area (Å²) in [5.74, 6) is 0.658. The molecular formula is C24H25ClN6O2. The Bertz CT molecular complexity index is 1240. The minimum atomic E-state index is -0.274. The van der Waals surface area contributed by atoms with Gasteiger partial charge in [0.25, 0.3) is 0 Å². The van der Waals surface area contributed by atoms with E-state index in [1.165, 1.54) is 6.33 Å². The predicted molar refractivity (Wildman–Crippen MR) is 127 cm³/mol. The van der Waals surface area contributed by atoms with E-state index in [2.05, 4.69) is 24.7 Å². The van der Waals surface area contributed by atoms with Gasteiger partial charge in [-0.3, -0.25) is 0 Å². The molecule has 1 aliphatic carbocycles. The molecule has 0 unspecified atom stereocenters. The lowest BCUT2D eigenvalue weighted by Gasteiger charge is -2.40. The Balaban J connectivity index is 1.30. The van der Waals surface area contributed by atoms with Crippen molar-refractivity contribution in [1.82, 2.24) is 19.4 Å². The summed E-state index contributed by atoms with van der Waals surface area (Å²) < 4.78 is 7.90. The van der Waals surface area contributed by atoms with Gasteiger partial charge in [-0.2, -0.15) is 0 Å². The summed E-state index contributed by atoms with van der Waals surface area (Å²) in [4.78, 5) is 26.7. The largest absolute Gasteiger partial charge is 0.443 e. The molecule has 1 amide bonds. The first-order valence-electron chi connectivity index (χ1n) is 11.2. The SMILES string of the molecule is [C-]#[N+]c1ccc(Nc2ncnc3c2ccn3C2CCN(C(=O)OC3(C)CCC3)CC2)c(Cl)c1. The monoisotopic (exact) mass is 464 g/mol. The maximum Gasteiger partial charge on any atom is 0.410 e. The third-order valence-corrected chi connectivity index (χ3v) is 7.02. The highest BCUT2D eigenvalue weighted by Crippen LogP contribution is 2.36. The van der Waals surface area contributed by atoms with Crippen molar-refractivity contribution in [3.8, 4) is 0 Å². The second-order valence-corrected chi connectivity index (χ2v) is 9.38. The predicted octanol–water partition coefficient (Wildman–Crippen LogP) is 6.10. The number of piperidine rings is 1. The Kier molecular flexibility index (Phi) is 5.59. The summed E-state index contributed by atoms with van der Waals surface area (Å²) in [5, 5.41) is 4.62. The zero-order valence-electron chi connectivity index (χ0n) is 18.4. The van der Waals surface area contributed by atoms with Crippen LogP contribution >= 0.6 is 11.6 Å². The summed E-state index contributed by atoms with van der Waals surface area (Å²) in [6, 6.07) is 7.37. The molecule has 170 valence electrons. The Morgan fingerprint density at radius 3 is 2.73 bits per heavy atom. The van der Waals surface area contributed by atoms with Crippen molar-refractivity contribution in [1.29, 1.82) is 0 Å². The standard InChI is InChI=1S/C24H25ClN6O2/c1-24(9-3-10-24)33-23(32)30-11-6-17(7-12-30)31-13-8-18-21(27-15-28-22(18)31)29-20-5-4-16(26-2)14-19(20)25/h4-5,8,13-15,17H,3,6-7,9-12H2,1H3,(H,27,28,29). The lowest BCUT2D eigenvalue weighted by Crippen LogP contribution is -2.46. The minimum absolute atomic E-state index is 0.192. The van der Waals surface area contributed by atoms with Crippen LogP contribution in [0.3, 0.4) is 0 Å². The number of amides is 1. The Morgan fingerprint density at radius 2 is 2.06 bits per heavy atom. The number of anilines is 2. The molecule has 1 aromatic carbocycles. The zero-order valence-corrected chi connectivity index (χ0v) is 19.2. The van der Waals surface area contributed by atoms with E-state index in [1.54, 1.807) is 18.2 Å². The summed E-state index contributed by atoms with van der Waals surface area (Å²) in [6.07, 6.45) is 8.09. The molecule has 33 heavy (non-hydrogen) atoms. The molecule has 9 heteroatoms. The molecular weight excluding hydrogens is 440 g/mol. The fourth-order valence-electron chi connectivity index (χ4n) is 4.55. The quantitative estimate of drug-likeness (QED) is 0.472. The van der Waals surface area contributed by atoms with Gasteiger partial charge >= 0.3 is 6.09 Å². The molecule has 2 fully saturated rings. The maximum absolute atomic E-state index is 12.5. The van der Waals surface area contributed by atoms with E-state index in [0.717, 1.165) is 43.1 Å². The second-order valence-electron chi connectivity index (χ2n) is 8.97. The van der Waals surface area contributed by atoms with Gasteiger partial charge in [-0.05, 0) is 57.2 Å². The van der Waals surface area contributed by atoms with E-state index in [9.17, 15) is 4.79 Å². The molecule has 1 N–H and O–H groups in total. The van der Waals surface area contributed by atoms with E-state index in [1.807, 2.05) is 24.1 Å². The minimum Gasteiger partial charge on any atom is -0.443 e. The number of nitrogens with one attached hydrogen (secondary N) is 1. The van der Waals surface area contributed by atoms with Crippen LogP contribution in [0.25, 0.3) is 15.9 Å². The second kappa shape index (κ2) is 8.56. The normalized spacial score (nSPS) is 17.9. The summed E-state index contributed by atoms with van der Waals surface area (Å²) >= 11 is 6.33. The summed E-state index contributed by atoms with van der Waals surface area (Å²) in [7, 11) is 0. The van der Waals surface area contributed by atoms with Crippen LogP contribution in [-0.2, 0) is 4.74 Å². The average molecular weight is 465 g/mol. The van der Waals surface area contributed by atoms with Gasteiger partial charge in [-0.15, -0.1) is 0 Å². The van der Waals surface area contributed by atoms with Gasteiger partial charge in [0, 0.05) is 25.3 Å². The summed E-state index contributed by atoms with van der Waals surface area (Å²) in [6.45, 7) is 10.5. The molecule has 2 aromatic heterocycles. The van der Waals surface area contributed by atoms with Crippen LogP contribution in [0.5, 0.6) is 0 Å². The smallest absolute Gasteiger partial charge is 0.410 e. The maximum atomic E-state index is 12.5. The molecule has 0 radical (unpaired) electrons. The Morgan fingerprint density at radius 1 is 1.27 bits per heavy atom. The van der Waals surface area contributed by atoms with Crippen LogP contribution in [-0.4, -0.2) is 44.2 Å². The first kappa shape index (κ1) is 21.5. The van der Waals surface area contributed by atoms with E-state index < -0.39 is 0 Å². The van der Waals surface area contributed by atoms with E-state index in [-0.39, 0.29) is 17.7 Å². The van der Waals surface area contributed by atoms with Crippen molar-refractivity contribution in [3.05, 3.63) is 53.2 Å². The molecule has 8 nitrogen and oxygen atoms in total. The third kappa shape index (κ3) is 4.21. The van der Waals surface area contributed by atoms with Gasteiger partial charge in [0.05, 0.1) is 22.7 Å². The number of fused-ring (bicyclic) bond motifs is 1. The molecule has 0 atom stereocenters.